The molecule has 0 saturated carbocycles. The average molecular weight is 410 g/mol. The number of nitrogens with zero attached hydrogens (tertiary/aromatic N) is 1. The number of imide groups is 1. The molecule has 3 N–H and O–H groups in total. The molecular weight excluding hydrogens is 386 g/mol. The summed E-state index contributed by atoms with van der Waals surface area (Å²) < 4.78 is 5.53. The van der Waals surface area contributed by atoms with E-state index in [0.717, 1.165) is 12.8 Å². The summed E-state index contributed by atoms with van der Waals surface area (Å²) >= 11 is 0. The maximum atomic E-state index is 12.7. The Morgan fingerprint density at radius 2 is 2.04 bits per heavy atom. The number of β-amino-alcohol motifs (C(OH)–C–C–N with tert-alkyl or cyclic N) is 1. The van der Waals surface area contributed by atoms with Gasteiger partial charge in [-0.15, -0.1) is 12.4 Å². The van der Waals surface area contributed by atoms with E-state index < -0.39 is 6.10 Å². The van der Waals surface area contributed by atoms with E-state index >= 15 is 0 Å². The zero-order valence-corrected chi connectivity index (χ0v) is 16.2. The third kappa shape index (κ3) is 3.91. The molecule has 3 unspecified atom stereocenters. The summed E-state index contributed by atoms with van der Waals surface area (Å²) in [6.07, 6.45) is 1.18. The van der Waals surface area contributed by atoms with Crippen LogP contribution in [0.2, 0.25) is 0 Å². The molecule has 3 atom stereocenters. The summed E-state index contributed by atoms with van der Waals surface area (Å²) in [5, 5.41) is 15.7. The molecule has 3 heterocycles. The Bertz CT molecular complexity index is 781. The number of nitrogens with one attached hydrogen (secondary N) is 2. The van der Waals surface area contributed by atoms with E-state index in [1.807, 2.05) is 0 Å². The summed E-state index contributed by atoms with van der Waals surface area (Å²) in [5.41, 5.74) is 0.910. The topological polar surface area (TPSA) is 108 Å². The van der Waals surface area contributed by atoms with E-state index in [-0.39, 0.29) is 54.3 Å². The van der Waals surface area contributed by atoms with Crippen molar-refractivity contribution in [1.82, 2.24) is 15.5 Å². The smallest absolute Gasteiger partial charge is 0.261 e. The molecule has 0 aliphatic carbocycles. The molecule has 0 spiro atoms. The normalized spacial score (nSPS) is 26.3. The number of carbonyl (C=O) groups excluding carboxylic acids is 3. The van der Waals surface area contributed by atoms with Gasteiger partial charge in [0.05, 0.1) is 29.9 Å². The van der Waals surface area contributed by atoms with Crippen LogP contribution in [0.1, 0.15) is 43.9 Å². The van der Waals surface area contributed by atoms with Gasteiger partial charge in [-0.25, -0.2) is 0 Å². The Morgan fingerprint density at radius 1 is 1.25 bits per heavy atom. The molecule has 9 heteroatoms. The quantitative estimate of drug-likeness (QED) is 0.599. The van der Waals surface area contributed by atoms with Crippen molar-refractivity contribution in [2.45, 2.75) is 25.0 Å². The number of fused-ring (bicyclic) bond motifs is 1. The van der Waals surface area contributed by atoms with Crippen molar-refractivity contribution in [3.8, 4) is 0 Å². The minimum Gasteiger partial charge on any atom is -0.391 e. The molecule has 3 aliphatic heterocycles. The van der Waals surface area contributed by atoms with Gasteiger partial charge in [0.25, 0.3) is 17.7 Å². The van der Waals surface area contributed by atoms with Crippen LogP contribution in [-0.4, -0.2) is 72.7 Å². The van der Waals surface area contributed by atoms with Crippen molar-refractivity contribution in [1.29, 1.82) is 0 Å². The summed E-state index contributed by atoms with van der Waals surface area (Å²) in [6.45, 7) is 2.43. The second kappa shape index (κ2) is 8.57. The summed E-state index contributed by atoms with van der Waals surface area (Å²) in [7, 11) is 0. The number of carbonyl (C=O) groups is 3. The number of rotatable bonds is 5. The van der Waals surface area contributed by atoms with E-state index in [1.54, 1.807) is 6.07 Å². The lowest BCUT2D eigenvalue weighted by Crippen LogP contribution is -2.36. The van der Waals surface area contributed by atoms with Crippen molar-refractivity contribution in [2.75, 3.05) is 32.8 Å². The van der Waals surface area contributed by atoms with Gasteiger partial charge in [-0.05, 0) is 31.0 Å². The van der Waals surface area contributed by atoms with Crippen LogP contribution in [0, 0.1) is 5.92 Å². The Hall–Kier alpha value is -2.00. The molecule has 2 saturated heterocycles. The number of ether oxygens (including phenoxy) is 1. The van der Waals surface area contributed by atoms with Gasteiger partial charge in [0.2, 0.25) is 0 Å². The summed E-state index contributed by atoms with van der Waals surface area (Å²) in [4.78, 5) is 38.8. The molecule has 152 valence electrons. The van der Waals surface area contributed by atoms with Crippen molar-refractivity contribution in [3.05, 3.63) is 34.9 Å². The number of amides is 3. The Balaban J connectivity index is 0.00000225. The standard InChI is InChI=1S/C19H23N3O5.ClH/c23-16-9-20-7-12(16)8-21-17(24)11-3-4-14-15(6-11)19(26)22(18(14)25)10-13-2-1-5-27-13;/h3-4,6,12-13,16,20,23H,1-2,5,7-10H2,(H,21,24);1H. The molecule has 1 aromatic carbocycles. The predicted molar refractivity (Wildman–Crippen MR) is 103 cm³/mol. The molecule has 0 bridgehead atoms. The zero-order valence-electron chi connectivity index (χ0n) is 15.3. The fourth-order valence-corrected chi connectivity index (χ4v) is 3.84. The van der Waals surface area contributed by atoms with Gasteiger partial charge in [0, 0.05) is 37.7 Å². The van der Waals surface area contributed by atoms with Crippen LogP contribution in [0.25, 0.3) is 0 Å². The van der Waals surface area contributed by atoms with Crippen molar-refractivity contribution >= 4 is 30.1 Å². The fraction of sp³-hybridized carbons (Fsp3) is 0.526. The van der Waals surface area contributed by atoms with E-state index in [9.17, 15) is 19.5 Å². The molecule has 1 aromatic rings. The number of halogens is 1. The van der Waals surface area contributed by atoms with Crippen LogP contribution in [0.3, 0.4) is 0 Å². The van der Waals surface area contributed by atoms with Crippen molar-refractivity contribution in [2.24, 2.45) is 5.92 Å². The highest BCUT2D eigenvalue weighted by Gasteiger charge is 2.38. The first-order valence-electron chi connectivity index (χ1n) is 9.33. The maximum absolute atomic E-state index is 12.7. The van der Waals surface area contributed by atoms with Crippen molar-refractivity contribution in [3.63, 3.8) is 0 Å². The number of benzene rings is 1. The maximum Gasteiger partial charge on any atom is 0.261 e. The average Bonchev–Trinajstić information content (AvgIpc) is 3.38. The SMILES string of the molecule is Cl.O=C(NCC1CNCC1O)c1ccc2c(c1)C(=O)N(CC1CCCO1)C2=O. The lowest BCUT2D eigenvalue weighted by molar-refractivity contribution is 0.0475. The van der Waals surface area contributed by atoms with Crippen LogP contribution >= 0.6 is 12.4 Å². The lowest BCUT2D eigenvalue weighted by atomic mass is 10.0. The monoisotopic (exact) mass is 409 g/mol. The molecule has 0 aromatic heterocycles. The first-order valence-corrected chi connectivity index (χ1v) is 9.33. The molecule has 3 amide bonds. The third-order valence-corrected chi connectivity index (χ3v) is 5.47. The Labute approximate surface area is 169 Å². The highest BCUT2D eigenvalue weighted by molar-refractivity contribution is 6.22. The van der Waals surface area contributed by atoms with Crippen LogP contribution in [0.15, 0.2) is 18.2 Å². The molecular formula is C19H24ClN3O5. The largest absolute Gasteiger partial charge is 0.391 e. The molecule has 8 nitrogen and oxygen atoms in total. The highest BCUT2D eigenvalue weighted by atomic mass is 35.5. The lowest BCUT2D eigenvalue weighted by Gasteiger charge is -2.17. The molecule has 4 rings (SSSR count). The van der Waals surface area contributed by atoms with Crippen LogP contribution in [0.5, 0.6) is 0 Å². The predicted octanol–water partition coefficient (Wildman–Crippen LogP) is 0.193. The van der Waals surface area contributed by atoms with E-state index in [1.165, 1.54) is 17.0 Å². The molecule has 2 fully saturated rings. The number of hydrogen-bond donors (Lipinski definition) is 3. The third-order valence-electron chi connectivity index (χ3n) is 5.47. The number of aliphatic hydroxyl groups is 1. The van der Waals surface area contributed by atoms with Gasteiger partial charge >= 0.3 is 0 Å². The van der Waals surface area contributed by atoms with Gasteiger partial charge in [-0.1, -0.05) is 0 Å². The molecule has 28 heavy (non-hydrogen) atoms. The van der Waals surface area contributed by atoms with Gasteiger partial charge < -0.3 is 20.5 Å². The fourth-order valence-electron chi connectivity index (χ4n) is 3.84. The van der Waals surface area contributed by atoms with Gasteiger partial charge in [-0.3, -0.25) is 19.3 Å². The second-order valence-corrected chi connectivity index (χ2v) is 7.31. The molecule has 3 aliphatic rings. The summed E-state index contributed by atoms with van der Waals surface area (Å²) in [5.74, 6) is -1.07. The Kier molecular flexibility index (Phi) is 6.34. The van der Waals surface area contributed by atoms with E-state index in [2.05, 4.69) is 10.6 Å². The Morgan fingerprint density at radius 3 is 2.71 bits per heavy atom. The summed E-state index contributed by atoms with van der Waals surface area (Å²) in [6, 6.07) is 4.56. The van der Waals surface area contributed by atoms with Gasteiger partial charge in [0.15, 0.2) is 0 Å². The van der Waals surface area contributed by atoms with Gasteiger partial charge in [-0.2, -0.15) is 0 Å². The van der Waals surface area contributed by atoms with E-state index in [0.29, 0.717) is 37.4 Å². The van der Waals surface area contributed by atoms with Crippen LogP contribution in [0.4, 0.5) is 0 Å². The van der Waals surface area contributed by atoms with Crippen LogP contribution < -0.4 is 10.6 Å². The highest BCUT2D eigenvalue weighted by Crippen LogP contribution is 2.26. The van der Waals surface area contributed by atoms with Crippen molar-refractivity contribution < 1.29 is 24.2 Å². The van der Waals surface area contributed by atoms with E-state index in [4.69, 9.17) is 4.74 Å². The first-order chi connectivity index (χ1) is 13.0. The first kappa shape index (κ1) is 20.7. The minimum atomic E-state index is -0.476. The molecule has 0 radical (unpaired) electrons. The van der Waals surface area contributed by atoms with Crippen LogP contribution in [-0.2, 0) is 4.74 Å². The minimum absolute atomic E-state index is 0. The zero-order chi connectivity index (χ0) is 19.0. The number of aliphatic hydroxyl groups excluding tert-OH is 1. The second-order valence-electron chi connectivity index (χ2n) is 7.31. The van der Waals surface area contributed by atoms with Gasteiger partial charge in [0.1, 0.15) is 0 Å². The number of hydrogen-bond acceptors (Lipinski definition) is 6.